The molecule has 3 rings (SSSR count). The van der Waals surface area contributed by atoms with Gasteiger partial charge in [-0.1, -0.05) is 26.0 Å². The van der Waals surface area contributed by atoms with Crippen LogP contribution in [0.3, 0.4) is 0 Å². The van der Waals surface area contributed by atoms with E-state index >= 15 is 0 Å². The molecule has 0 bridgehead atoms. The smallest absolute Gasteiger partial charge is 0.271 e. The minimum atomic E-state index is -0.596. The highest BCUT2D eigenvalue weighted by atomic mass is 16.5. The van der Waals surface area contributed by atoms with E-state index in [9.17, 15) is 14.9 Å². The van der Waals surface area contributed by atoms with Crippen LogP contribution in [0.2, 0.25) is 0 Å². The lowest BCUT2D eigenvalue weighted by molar-refractivity contribution is -0.140. The number of nitrogens with zero attached hydrogens (tertiary/aromatic N) is 2. The fraction of sp³-hybridized carbons (Fsp3) is 0.387. The van der Waals surface area contributed by atoms with Gasteiger partial charge in [-0.25, -0.2) is 0 Å². The van der Waals surface area contributed by atoms with Gasteiger partial charge in [0, 0.05) is 12.1 Å². The number of ether oxygens (including phenoxy) is 4. The molecule has 0 atom stereocenters. The Morgan fingerprint density at radius 1 is 0.949 bits per heavy atom. The first-order valence-corrected chi connectivity index (χ1v) is 13.0. The SMILES string of the molecule is CCOc1cc(/C=C2/C(=O)N(CCc3ccc(OC)c(OC)c3)C(=O)C(C#N)=C2C)ccc1OCCC(C)C. The Labute approximate surface area is 230 Å². The molecule has 206 valence electrons. The molecule has 0 unspecified atom stereocenters. The van der Waals surface area contributed by atoms with Crippen LogP contribution in [0.1, 0.15) is 45.2 Å². The summed E-state index contributed by atoms with van der Waals surface area (Å²) >= 11 is 0. The van der Waals surface area contributed by atoms with Crippen molar-refractivity contribution in [3.8, 4) is 29.1 Å². The summed E-state index contributed by atoms with van der Waals surface area (Å²) in [5.74, 6) is 1.82. The molecule has 0 saturated carbocycles. The molecule has 0 N–H and O–H groups in total. The summed E-state index contributed by atoms with van der Waals surface area (Å²) in [5, 5.41) is 9.74. The zero-order valence-corrected chi connectivity index (χ0v) is 23.5. The first-order valence-electron chi connectivity index (χ1n) is 13.0. The molecule has 0 radical (unpaired) electrons. The number of methoxy groups -OCH3 is 2. The summed E-state index contributed by atoms with van der Waals surface area (Å²) < 4.78 is 22.4. The molecular formula is C31H36N2O6. The van der Waals surface area contributed by atoms with Crippen LogP contribution in [0.5, 0.6) is 23.0 Å². The maximum atomic E-state index is 13.5. The molecule has 1 heterocycles. The standard InChI is InChI=1S/C31H36N2O6/c1-7-38-29-18-23(9-11-27(29)39-15-13-20(2)3)16-24-21(4)25(19-32)31(35)33(30(24)34)14-12-22-8-10-26(36-5)28(17-22)37-6/h8-11,16-18,20H,7,12-15H2,1-6H3/b24-16+. The Bertz CT molecular complexity index is 1320. The number of carbonyl (C=O) groups excluding carboxylic acids is 2. The van der Waals surface area contributed by atoms with Gasteiger partial charge in [0.25, 0.3) is 11.8 Å². The van der Waals surface area contributed by atoms with Gasteiger partial charge < -0.3 is 18.9 Å². The molecule has 2 aromatic carbocycles. The van der Waals surface area contributed by atoms with Crippen molar-refractivity contribution in [2.75, 3.05) is 34.0 Å². The molecule has 0 spiro atoms. The van der Waals surface area contributed by atoms with Gasteiger partial charge in [-0.2, -0.15) is 5.26 Å². The van der Waals surface area contributed by atoms with Crippen LogP contribution < -0.4 is 18.9 Å². The van der Waals surface area contributed by atoms with Crippen LogP contribution in [0.4, 0.5) is 0 Å². The van der Waals surface area contributed by atoms with Crippen molar-refractivity contribution < 1.29 is 28.5 Å². The third-order valence-electron chi connectivity index (χ3n) is 6.43. The highest BCUT2D eigenvalue weighted by Gasteiger charge is 2.35. The highest BCUT2D eigenvalue weighted by molar-refractivity contribution is 6.19. The number of amides is 2. The maximum absolute atomic E-state index is 13.5. The Hall–Kier alpha value is -4.25. The summed E-state index contributed by atoms with van der Waals surface area (Å²) in [5.41, 5.74) is 2.15. The second kappa shape index (κ2) is 13.5. The molecule has 8 heteroatoms. The molecule has 1 aliphatic rings. The summed E-state index contributed by atoms with van der Waals surface area (Å²) in [6.45, 7) is 8.92. The van der Waals surface area contributed by atoms with E-state index in [-0.39, 0.29) is 17.7 Å². The van der Waals surface area contributed by atoms with Gasteiger partial charge >= 0.3 is 0 Å². The van der Waals surface area contributed by atoms with Crippen molar-refractivity contribution in [2.24, 2.45) is 5.92 Å². The maximum Gasteiger partial charge on any atom is 0.271 e. The van der Waals surface area contributed by atoms with Gasteiger partial charge in [0.05, 0.1) is 27.4 Å². The zero-order chi connectivity index (χ0) is 28.5. The molecule has 0 saturated heterocycles. The van der Waals surface area contributed by atoms with E-state index in [1.165, 1.54) is 0 Å². The lowest BCUT2D eigenvalue weighted by Gasteiger charge is -2.27. The van der Waals surface area contributed by atoms with E-state index in [2.05, 4.69) is 13.8 Å². The molecule has 8 nitrogen and oxygen atoms in total. The fourth-order valence-electron chi connectivity index (χ4n) is 4.18. The van der Waals surface area contributed by atoms with Gasteiger partial charge in [0.1, 0.15) is 11.6 Å². The Balaban J connectivity index is 1.90. The fourth-order valence-corrected chi connectivity index (χ4v) is 4.18. The van der Waals surface area contributed by atoms with Crippen molar-refractivity contribution in [3.63, 3.8) is 0 Å². The molecule has 1 aliphatic heterocycles. The topological polar surface area (TPSA) is 98.1 Å². The first-order chi connectivity index (χ1) is 18.7. The molecular weight excluding hydrogens is 496 g/mol. The minimum Gasteiger partial charge on any atom is -0.493 e. The third-order valence-corrected chi connectivity index (χ3v) is 6.43. The number of benzene rings is 2. The zero-order valence-electron chi connectivity index (χ0n) is 23.5. The van der Waals surface area contributed by atoms with Gasteiger partial charge in [0.15, 0.2) is 23.0 Å². The Kier molecular flexibility index (Phi) is 10.2. The number of hydrogen-bond acceptors (Lipinski definition) is 7. The molecule has 0 aromatic heterocycles. The summed E-state index contributed by atoms with van der Waals surface area (Å²) in [6.07, 6.45) is 2.99. The molecule has 2 aromatic rings. The first kappa shape index (κ1) is 29.3. The van der Waals surface area contributed by atoms with Crippen LogP contribution in [-0.4, -0.2) is 50.7 Å². The van der Waals surface area contributed by atoms with Crippen molar-refractivity contribution in [1.82, 2.24) is 4.90 Å². The Morgan fingerprint density at radius 3 is 2.31 bits per heavy atom. The number of rotatable bonds is 12. The summed E-state index contributed by atoms with van der Waals surface area (Å²) in [6, 6.07) is 12.9. The quantitative estimate of drug-likeness (QED) is 0.268. The average molecular weight is 533 g/mol. The number of nitriles is 1. The van der Waals surface area contributed by atoms with E-state index in [1.807, 2.05) is 31.2 Å². The van der Waals surface area contributed by atoms with Gasteiger partial charge in [-0.05, 0) is 79.6 Å². The van der Waals surface area contributed by atoms with Crippen LogP contribution in [-0.2, 0) is 16.0 Å². The predicted molar refractivity (Wildman–Crippen MR) is 149 cm³/mol. The predicted octanol–water partition coefficient (Wildman–Crippen LogP) is 5.36. The van der Waals surface area contributed by atoms with Gasteiger partial charge in [-0.3, -0.25) is 14.5 Å². The average Bonchev–Trinajstić information content (AvgIpc) is 2.92. The van der Waals surface area contributed by atoms with Crippen molar-refractivity contribution in [3.05, 3.63) is 64.2 Å². The van der Waals surface area contributed by atoms with Crippen LogP contribution in [0.15, 0.2) is 53.1 Å². The van der Waals surface area contributed by atoms with Crippen molar-refractivity contribution in [1.29, 1.82) is 5.26 Å². The largest absolute Gasteiger partial charge is 0.493 e. The normalized spacial score (nSPS) is 14.6. The van der Waals surface area contributed by atoms with Crippen molar-refractivity contribution in [2.45, 2.75) is 40.5 Å². The highest BCUT2D eigenvalue weighted by Crippen LogP contribution is 2.33. The molecule has 0 aliphatic carbocycles. The van der Waals surface area contributed by atoms with E-state index in [0.717, 1.165) is 16.9 Å². The van der Waals surface area contributed by atoms with Crippen molar-refractivity contribution >= 4 is 17.9 Å². The molecule has 2 amide bonds. The number of hydrogen-bond donors (Lipinski definition) is 0. The number of carbonyl (C=O) groups is 2. The van der Waals surface area contributed by atoms with E-state index < -0.39 is 11.8 Å². The monoisotopic (exact) mass is 532 g/mol. The molecule has 39 heavy (non-hydrogen) atoms. The summed E-state index contributed by atoms with van der Waals surface area (Å²) in [4.78, 5) is 27.7. The van der Waals surface area contributed by atoms with Gasteiger partial charge in [0.2, 0.25) is 0 Å². The van der Waals surface area contributed by atoms with E-state index in [1.54, 1.807) is 45.4 Å². The summed E-state index contributed by atoms with van der Waals surface area (Å²) in [7, 11) is 3.10. The third kappa shape index (κ3) is 6.99. The van der Waals surface area contributed by atoms with E-state index in [4.69, 9.17) is 18.9 Å². The lowest BCUT2D eigenvalue weighted by Crippen LogP contribution is -2.43. The number of imide groups is 1. The van der Waals surface area contributed by atoms with E-state index in [0.29, 0.717) is 59.7 Å². The molecule has 0 fully saturated rings. The Morgan fingerprint density at radius 2 is 1.67 bits per heavy atom. The second-order valence-electron chi connectivity index (χ2n) is 9.54. The second-order valence-corrected chi connectivity index (χ2v) is 9.54. The lowest BCUT2D eigenvalue weighted by atomic mass is 9.93. The van der Waals surface area contributed by atoms with Gasteiger partial charge in [-0.15, -0.1) is 0 Å². The van der Waals surface area contributed by atoms with Crippen LogP contribution >= 0.6 is 0 Å². The minimum absolute atomic E-state index is 0.0492. The van der Waals surface area contributed by atoms with Crippen LogP contribution in [0.25, 0.3) is 6.08 Å². The van der Waals surface area contributed by atoms with Crippen LogP contribution in [0, 0.1) is 17.2 Å².